The van der Waals surface area contributed by atoms with Crippen LogP contribution in [0.25, 0.3) is 0 Å². The molecule has 5 rings (SSSR count). The summed E-state index contributed by atoms with van der Waals surface area (Å²) < 4.78 is 5.94. The third kappa shape index (κ3) is 5.17. The van der Waals surface area contributed by atoms with Crippen LogP contribution in [0.15, 0.2) is 42.0 Å². The molecule has 4 aliphatic rings. The molecule has 4 aliphatic carbocycles. The molecule has 3 heteroatoms. The zero-order chi connectivity index (χ0) is 27.9. The van der Waals surface area contributed by atoms with Crippen LogP contribution in [0.3, 0.4) is 0 Å². The first-order valence-corrected chi connectivity index (χ1v) is 16.1. The predicted molar refractivity (Wildman–Crippen MR) is 158 cm³/mol. The van der Waals surface area contributed by atoms with Crippen molar-refractivity contribution in [3.8, 4) is 0 Å². The molecule has 0 heterocycles. The molecule has 3 nitrogen and oxygen atoms in total. The molecular weight excluding hydrogens is 480 g/mol. The van der Waals surface area contributed by atoms with Gasteiger partial charge in [-0.1, -0.05) is 78.2 Å². The van der Waals surface area contributed by atoms with Gasteiger partial charge < -0.3 is 4.74 Å². The van der Waals surface area contributed by atoms with Crippen LogP contribution in [0.4, 0.5) is 0 Å². The molecule has 3 fully saturated rings. The lowest BCUT2D eigenvalue weighted by Gasteiger charge is -2.57. The molecule has 9 atom stereocenters. The van der Waals surface area contributed by atoms with E-state index in [0.717, 1.165) is 36.5 Å². The predicted octanol–water partition coefficient (Wildman–Crippen LogP) is 9.07. The Kier molecular flexibility index (Phi) is 8.20. The minimum Gasteiger partial charge on any atom is -0.458 e. The number of allylic oxidation sites excluding steroid dienone is 1. The van der Waals surface area contributed by atoms with E-state index in [1.165, 1.54) is 50.5 Å². The standard InChI is InChI=1S/C36H52O3/c1-7-25(23(2)3)14-13-24(4)29-15-16-30-33-31(18-20-36(29,30)6)35(5)19-17-28(21-27(35)22-32(33)37)39-34(38)26-11-9-8-10-12-26/h8-12,22-25,28-31,33H,7,13-21H2,1-6H3/t24-,25-,28+,29-,30+,31+,33+,35+,36-/m1/s1. The Bertz CT molecular complexity index is 1070. The quantitative estimate of drug-likeness (QED) is 0.314. The van der Waals surface area contributed by atoms with Gasteiger partial charge in [0.05, 0.1) is 5.56 Å². The van der Waals surface area contributed by atoms with Gasteiger partial charge in [0.1, 0.15) is 6.10 Å². The van der Waals surface area contributed by atoms with Gasteiger partial charge in [0, 0.05) is 12.3 Å². The van der Waals surface area contributed by atoms with Crippen molar-refractivity contribution in [3.63, 3.8) is 0 Å². The largest absolute Gasteiger partial charge is 0.458 e. The van der Waals surface area contributed by atoms with Crippen LogP contribution in [0.5, 0.6) is 0 Å². The number of hydrogen-bond donors (Lipinski definition) is 0. The highest BCUT2D eigenvalue weighted by Gasteiger charge is 2.61. The van der Waals surface area contributed by atoms with Gasteiger partial charge in [0.15, 0.2) is 5.78 Å². The Morgan fingerprint density at radius 1 is 0.974 bits per heavy atom. The van der Waals surface area contributed by atoms with Crippen molar-refractivity contribution in [1.29, 1.82) is 0 Å². The number of hydrogen-bond acceptors (Lipinski definition) is 3. The van der Waals surface area contributed by atoms with E-state index < -0.39 is 0 Å². The van der Waals surface area contributed by atoms with E-state index in [0.29, 0.717) is 35.0 Å². The van der Waals surface area contributed by atoms with E-state index in [9.17, 15) is 9.59 Å². The van der Waals surface area contributed by atoms with Crippen molar-refractivity contribution < 1.29 is 14.3 Å². The van der Waals surface area contributed by atoms with Gasteiger partial charge in [0.25, 0.3) is 0 Å². The highest BCUT2D eigenvalue weighted by Crippen LogP contribution is 2.66. The summed E-state index contributed by atoms with van der Waals surface area (Å²) >= 11 is 0. The number of ether oxygens (including phenoxy) is 1. The van der Waals surface area contributed by atoms with Crippen LogP contribution < -0.4 is 0 Å². The van der Waals surface area contributed by atoms with Crippen LogP contribution in [0, 0.1) is 52.3 Å². The Labute approximate surface area is 237 Å². The molecule has 1 aromatic carbocycles. The van der Waals surface area contributed by atoms with Crippen LogP contribution in [-0.2, 0) is 9.53 Å². The maximum atomic E-state index is 13.9. The molecule has 1 aromatic rings. The summed E-state index contributed by atoms with van der Waals surface area (Å²) in [5.41, 5.74) is 2.20. The van der Waals surface area contributed by atoms with E-state index in [1.54, 1.807) is 0 Å². The first-order chi connectivity index (χ1) is 18.6. The normalized spacial score (nSPS) is 37.4. The molecule has 0 radical (unpaired) electrons. The van der Waals surface area contributed by atoms with Crippen molar-refractivity contribution in [2.45, 2.75) is 112 Å². The molecule has 0 amide bonds. The minimum atomic E-state index is -0.247. The zero-order valence-corrected chi connectivity index (χ0v) is 25.4. The Hall–Kier alpha value is -1.90. The zero-order valence-electron chi connectivity index (χ0n) is 25.4. The second-order valence-corrected chi connectivity index (χ2v) is 14.6. The summed E-state index contributed by atoms with van der Waals surface area (Å²) in [5.74, 6) is 4.34. The van der Waals surface area contributed by atoms with E-state index in [1.807, 2.05) is 36.4 Å². The Balaban J connectivity index is 1.29. The topological polar surface area (TPSA) is 43.4 Å². The lowest BCUT2D eigenvalue weighted by Crippen LogP contribution is -2.53. The average molecular weight is 533 g/mol. The molecule has 0 unspecified atom stereocenters. The van der Waals surface area contributed by atoms with Crippen LogP contribution >= 0.6 is 0 Å². The number of carbonyl (C=O) groups is 2. The molecule has 0 saturated heterocycles. The Morgan fingerprint density at radius 2 is 1.72 bits per heavy atom. The summed E-state index contributed by atoms with van der Waals surface area (Å²) in [6.07, 6.45) is 13.4. The number of ketones is 1. The fourth-order valence-corrected chi connectivity index (χ4v) is 9.92. The minimum absolute atomic E-state index is 0.0604. The number of esters is 1. The van der Waals surface area contributed by atoms with Gasteiger partial charge >= 0.3 is 5.97 Å². The van der Waals surface area contributed by atoms with E-state index in [2.05, 4.69) is 41.5 Å². The molecular formula is C36H52O3. The monoisotopic (exact) mass is 532 g/mol. The first kappa shape index (κ1) is 28.6. The van der Waals surface area contributed by atoms with Crippen molar-refractivity contribution in [3.05, 3.63) is 47.5 Å². The number of rotatable bonds is 8. The lowest BCUT2D eigenvalue weighted by atomic mass is 9.46. The van der Waals surface area contributed by atoms with Crippen LogP contribution in [0.2, 0.25) is 0 Å². The molecule has 0 aliphatic heterocycles. The maximum absolute atomic E-state index is 13.9. The summed E-state index contributed by atoms with van der Waals surface area (Å²) in [6, 6.07) is 9.27. The third-order valence-corrected chi connectivity index (χ3v) is 12.4. The average Bonchev–Trinajstić information content (AvgIpc) is 3.27. The second-order valence-electron chi connectivity index (χ2n) is 14.6. The van der Waals surface area contributed by atoms with Crippen molar-refractivity contribution in [2.24, 2.45) is 52.3 Å². The van der Waals surface area contributed by atoms with Gasteiger partial charge in [-0.05, 0) is 109 Å². The van der Waals surface area contributed by atoms with Crippen LogP contribution in [0.1, 0.15) is 116 Å². The summed E-state index contributed by atoms with van der Waals surface area (Å²) in [6.45, 7) is 14.6. The molecule has 0 aromatic heterocycles. The highest BCUT2D eigenvalue weighted by atomic mass is 16.5. The summed E-state index contributed by atoms with van der Waals surface area (Å²) in [7, 11) is 0. The molecule has 0 N–H and O–H groups in total. The summed E-state index contributed by atoms with van der Waals surface area (Å²) in [5, 5.41) is 0. The Morgan fingerprint density at radius 3 is 2.41 bits per heavy atom. The van der Waals surface area contributed by atoms with Gasteiger partial charge in [-0.15, -0.1) is 0 Å². The number of fused-ring (bicyclic) bond motifs is 5. The lowest BCUT2D eigenvalue weighted by molar-refractivity contribution is -0.135. The van der Waals surface area contributed by atoms with E-state index in [-0.39, 0.29) is 23.4 Å². The molecule has 0 spiro atoms. The number of carbonyl (C=O) groups excluding carboxylic acids is 2. The van der Waals surface area contributed by atoms with Gasteiger partial charge in [-0.3, -0.25) is 4.79 Å². The SMILES string of the molecule is CC[C@H](CC[C@@H](C)[C@H]1CC[C@H]2[C@@H]3C(=O)C=C4C[C@@H](OC(=O)c5ccccc5)CC[C@]4(C)[C@H]3CC[C@]12C)C(C)C. The van der Waals surface area contributed by atoms with Gasteiger partial charge in [-0.25, -0.2) is 4.79 Å². The van der Waals surface area contributed by atoms with Crippen molar-refractivity contribution in [2.75, 3.05) is 0 Å². The smallest absolute Gasteiger partial charge is 0.338 e. The van der Waals surface area contributed by atoms with Gasteiger partial charge in [-0.2, -0.15) is 0 Å². The van der Waals surface area contributed by atoms with E-state index in [4.69, 9.17) is 4.74 Å². The van der Waals surface area contributed by atoms with E-state index >= 15 is 0 Å². The molecule has 214 valence electrons. The molecule has 39 heavy (non-hydrogen) atoms. The third-order valence-electron chi connectivity index (χ3n) is 12.4. The second kappa shape index (κ2) is 11.2. The molecule has 3 saturated carbocycles. The number of benzene rings is 1. The van der Waals surface area contributed by atoms with Crippen molar-refractivity contribution >= 4 is 11.8 Å². The molecule has 0 bridgehead atoms. The van der Waals surface area contributed by atoms with Crippen LogP contribution in [-0.4, -0.2) is 17.9 Å². The summed E-state index contributed by atoms with van der Waals surface area (Å²) in [4.78, 5) is 26.6. The van der Waals surface area contributed by atoms with Crippen molar-refractivity contribution in [1.82, 2.24) is 0 Å². The fourth-order valence-electron chi connectivity index (χ4n) is 9.92. The fraction of sp³-hybridized carbons (Fsp3) is 0.722. The first-order valence-electron chi connectivity index (χ1n) is 16.1. The highest BCUT2D eigenvalue weighted by molar-refractivity contribution is 5.94. The maximum Gasteiger partial charge on any atom is 0.338 e. The van der Waals surface area contributed by atoms with Gasteiger partial charge in [0.2, 0.25) is 0 Å².